The van der Waals surface area contributed by atoms with Gasteiger partial charge in [-0.1, -0.05) is 51.2 Å². The summed E-state index contributed by atoms with van der Waals surface area (Å²) in [6.45, 7) is 7.08. The van der Waals surface area contributed by atoms with Gasteiger partial charge in [-0.3, -0.25) is 0 Å². The summed E-state index contributed by atoms with van der Waals surface area (Å²) in [5.41, 5.74) is 15.0. The van der Waals surface area contributed by atoms with Crippen LogP contribution in [0.15, 0.2) is 70.3 Å². The van der Waals surface area contributed by atoms with E-state index in [1.807, 2.05) is 0 Å². The average Bonchev–Trinajstić information content (AvgIpc) is 2.72. The van der Waals surface area contributed by atoms with E-state index >= 15 is 0 Å². The van der Waals surface area contributed by atoms with E-state index < -0.39 is 0 Å². The number of nitrogens with two attached hydrogens (primary N) is 1. The molecule has 4 rings (SSSR count). The Hall–Kier alpha value is -1.96. The maximum atomic E-state index is 6.58. The lowest BCUT2D eigenvalue weighted by molar-refractivity contribution is 0.393. The topological polar surface area (TPSA) is 38.0 Å². The number of nitrogens with one attached hydrogen (secondary N) is 1. The molecule has 0 aliphatic heterocycles. The second kappa shape index (κ2) is 8.42. The first kappa shape index (κ1) is 20.3. The van der Waals surface area contributed by atoms with Crippen LogP contribution in [0.1, 0.15) is 78.6 Å². The largest absolute Gasteiger partial charge is 0.402 e. The van der Waals surface area contributed by atoms with Crippen LogP contribution in [0.2, 0.25) is 0 Å². The Morgan fingerprint density at radius 3 is 2.69 bits per heavy atom. The van der Waals surface area contributed by atoms with Crippen LogP contribution in [0.4, 0.5) is 0 Å². The first-order chi connectivity index (χ1) is 13.9. The van der Waals surface area contributed by atoms with E-state index in [0.717, 1.165) is 43.7 Å². The van der Waals surface area contributed by atoms with Gasteiger partial charge in [0, 0.05) is 22.5 Å². The molecular formula is C27H38N2. The minimum absolute atomic E-state index is 0.0903. The molecule has 2 nitrogen and oxygen atoms in total. The van der Waals surface area contributed by atoms with Crippen molar-refractivity contribution in [3.05, 3.63) is 70.3 Å². The van der Waals surface area contributed by atoms with Crippen molar-refractivity contribution in [1.29, 1.82) is 0 Å². The average molecular weight is 391 g/mol. The van der Waals surface area contributed by atoms with Crippen LogP contribution >= 0.6 is 0 Å². The summed E-state index contributed by atoms with van der Waals surface area (Å²) in [5, 5.41) is 3.81. The fourth-order valence-corrected chi connectivity index (χ4v) is 5.30. The minimum atomic E-state index is 0.0903. The molecule has 0 aromatic heterocycles. The smallest absolute Gasteiger partial charge is 0.0338 e. The number of hydrogen-bond donors (Lipinski definition) is 2. The molecule has 4 aliphatic rings. The predicted octanol–water partition coefficient (Wildman–Crippen LogP) is 6.81. The molecule has 0 saturated heterocycles. The van der Waals surface area contributed by atoms with Gasteiger partial charge in [-0.25, -0.2) is 0 Å². The van der Waals surface area contributed by atoms with Crippen LogP contribution in [0.3, 0.4) is 0 Å². The first-order valence-electron chi connectivity index (χ1n) is 11.7. The molecule has 0 bridgehead atoms. The van der Waals surface area contributed by atoms with Crippen molar-refractivity contribution in [1.82, 2.24) is 5.32 Å². The van der Waals surface area contributed by atoms with Crippen LogP contribution in [0.5, 0.6) is 0 Å². The van der Waals surface area contributed by atoms with Crippen LogP contribution in [-0.4, -0.2) is 0 Å². The number of hydrogen-bond acceptors (Lipinski definition) is 2. The van der Waals surface area contributed by atoms with Crippen molar-refractivity contribution < 1.29 is 0 Å². The van der Waals surface area contributed by atoms with Crippen molar-refractivity contribution in [3.8, 4) is 0 Å². The number of rotatable bonds is 4. The van der Waals surface area contributed by atoms with E-state index in [4.69, 9.17) is 5.73 Å². The Kier molecular flexibility index (Phi) is 5.90. The molecule has 4 aliphatic carbocycles. The number of allylic oxidation sites excluding steroid dienone is 11. The summed E-state index contributed by atoms with van der Waals surface area (Å²) in [7, 11) is 0. The van der Waals surface area contributed by atoms with Gasteiger partial charge in [-0.15, -0.1) is 0 Å². The van der Waals surface area contributed by atoms with E-state index in [-0.39, 0.29) is 5.41 Å². The van der Waals surface area contributed by atoms with Gasteiger partial charge in [-0.2, -0.15) is 0 Å². The monoisotopic (exact) mass is 390 g/mol. The van der Waals surface area contributed by atoms with Gasteiger partial charge >= 0.3 is 0 Å². The van der Waals surface area contributed by atoms with Crippen LogP contribution in [-0.2, 0) is 0 Å². The van der Waals surface area contributed by atoms with Gasteiger partial charge in [0.05, 0.1) is 0 Å². The molecule has 0 saturated carbocycles. The Morgan fingerprint density at radius 2 is 1.97 bits per heavy atom. The predicted molar refractivity (Wildman–Crippen MR) is 124 cm³/mol. The molecule has 156 valence electrons. The van der Waals surface area contributed by atoms with Crippen molar-refractivity contribution in [2.45, 2.75) is 78.6 Å². The third kappa shape index (κ3) is 4.47. The van der Waals surface area contributed by atoms with Crippen LogP contribution in [0, 0.1) is 17.3 Å². The van der Waals surface area contributed by atoms with Crippen molar-refractivity contribution >= 4 is 0 Å². The summed E-state index contributed by atoms with van der Waals surface area (Å²) in [4.78, 5) is 0. The summed E-state index contributed by atoms with van der Waals surface area (Å²) in [6, 6.07) is 0. The van der Waals surface area contributed by atoms with Gasteiger partial charge in [-0.05, 0) is 92.4 Å². The fourth-order valence-electron chi connectivity index (χ4n) is 5.30. The molecule has 0 spiro atoms. The zero-order chi connectivity index (χ0) is 20.4. The zero-order valence-electron chi connectivity index (χ0n) is 18.6. The highest BCUT2D eigenvalue weighted by atomic mass is 14.9. The molecule has 3 atom stereocenters. The second-order valence-corrected chi connectivity index (χ2v) is 9.97. The molecule has 3 N–H and O–H groups in total. The Morgan fingerprint density at radius 1 is 1.10 bits per heavy atom. The molecule has 0 fully saturated rings. The lowest BCUT2D eigenvalue weighted by Crippen LogP contribution is -2.26. The fraction of sp³-hybridized carbons (Fsp3) is 0.556. The Balaban J connectivity index is 1.67. The maximum absolute atomic E-state index is 6.58. The molecule has 2 heteroatoms. The Labute approximate surface area is 177 Å². The molecule has 0 aromatic carbocycles. The third-order valence-corrected chi connectivity index (χ3v) is 7.34. The third-order valence-electron chi connectivity index (χ3n) is 7.34. The summed E-state index contributed by atoms with van der Waals surface area (Å²) < 4.78 is 0. The van der Waals surface area contributed by atoms with E-state index in [2.05, 4.69) is 62.5 Å². The molecular weight excluding hydrogens is 352 g/mol. The summed E-state index contributed by atoms with van der Waals surface area (Å²) in [6.07, 6.45) is 24.6. The SMILES string of the molecule is CC1C=CC(C)(C2=C(N)CCC(C3=C(NC4=CCCC=C4)CC(C)CC3)=C2)CC1. The van der Waals surface area contributed by atoms with Gasteiger partial charge in [0.2, 0.25) is 0 Å². The minimum Gasteiger partial charge on any atom is -0.402 e. The van der Waals surface area contributed by atoms with Crippen LogP contribution in [0.25, 0.3) is 0 Å². The van der Waals surface area contributed by atoms with Crippen molar-refractivity contribution in [3.63, 3.8) is 0 Å². The van der Waals surface area contributed by atoms with E-state index in [1.165, 1.54) is 48.2 Å². The lowest BCUT2D eigenvalue weighted by atomic mass is 9.69. The van der Waals surface area contributed by atoms with Crippen molar-refractivity contribution in [2.24, 2.45) is 23.0 Å². The van der Waals surface area contributed by atoms with E-state index in [0.29, 0.717) is 5.92 Å². The van der Waals surface area contributed by atoms with Gasteiger partial charge in [0.25, 0.3) is 0 Å². The molecule has 0 aromatic rings. The summed E-state index contributed by atoms with van der Waals surface area (Å²) in [5.74, 6) is 1.44. The quantitative estimate of drug-likeness (QED) is 0.517. The Bertz CT molecular complexity index is 833. The molecule has 0 radical (unpaired) electrons. The van der Waals surface area contributed by atoms with Gasteiger partial charge in [0.15, 0.2) is 0 Å². The summed E-state index contributed by atoms with van der Waals surface area (Å²) >= 11 is 0. The highest BCUT2D eigenvalue weighted by Crippen LogP contribution is 2.45. The van der Waals surface area contributed by atoms with Crippen LogP contribution < -0.4 is 11.1 Å². The highest BCUT2D eigenvalue weighted by Gasteiger charge is 2.32. The standard InChI is InChI=1S/C27H38N2/c1-19-13-15-27(3,16-14-19)24-18-21(10-12-25(24)28)23-11-9-20(2)17-26(23)29-22-7-5-4-6-8-22/h5,7-8,13,15,18-20,29H,4,6,9-12,14,16-17,28H2,1-3H3. The van der Waals surface area contributed by atoms with Gasteiger partial charge < -0.3 is 11.1 Å². The van der Waals surface area contributed by atoms with Crippen molar-refractivity contribution in [2.75, 3.05) is 0 Å². The zero-order valence-corrected chi connectivity index (χ0v) is 18.6. The lowest BCUT2D eigenvalue weighted by Gasteiger charge is -2.37. The normalized spacial score (nSPS) is 32.9. The van der Waals surface area contributed by atoms with Gasteiger partial charge in [0.1, 0.15) is 0 Å². The molecule has 0 heterocycles. The molecule has 29 heavy (non-hydrogen) atoms. The maximum Gasteiger partial charge on any atom is 0.0338 e. The van der Waals surface area contributed by atoms with E-state index in [1.54, 1.807) is 5.57 Å². The molecule has 3 unspecified atom stereocenters. The first-order valence-corrected chi connectivity index (χ1v) is 11.7. The molecule has 0 amide bonds. The highest BCUT2D eigenvalue weighted by molar-refractivity contribution is 5.49. The second-order valence-electron chi connectivity index (χ2n) is 9.97. The van der Waals surface area contributed by atoms with E-state index in [9.17, 15) is 0 Å².